The summed E-state index contributed by atoms with van der Waals surface area (Å²) in [6, 6.07) is 0. The van der Waals surface area contributed by atoms with E-state index in [0.717, 1.165) is 39.0 Å². The van der Waals surface area contributed by atoms with Gasteiger partial charge in [-0.15, -0.1) is 0 Å². The molecule has 16 heavy (non-hydrogen) atoms. The molecule has 0 radical (unpaired) electrons. The molecule has 2 atom stereocenters. The Morgan fingerprint density at radius 1 is 1.50 bits per heavy atom. The Labute approximate surface area is 97.3 Å². The van der Waals surface area contributed by atoms with Gasteiger partial charge in [-0.3, -0.25) is 4.79 Å². The highest BCUT2D eigenvalue weighted by Gasteiger charge is 2.26. The van der Waals surface area contributed by atoms with Gasteiger partial charge >= 0.3 is 0 Å². The first kappa shape index (κ1) is 11.9. The molecule has 0 aromatic carbocycles. The van der Waals surface area contributed by atoms with E-state index in [4.69, 9.17) is 4.74 Å². The van der Waals surface area contributed by atoms with Crippen LogP contribution < -0.4 is 5.32 Å². The Kier molecular flexibility index (Phi) is 4.18. The second-order valence-electron chi connectivity index (χ2n) is 4.88. The number of nitrogens with zero attached hydrogens (tertiary/aromatic N) is 1. The molecule has 2 aliphatic heterocycles. The van der Waals surface area contributed by atoms with Gasteiger partial charge < -0.3 is 15.0 Å². The zero-order valence-corrected chi connectivity index (χ0v) is 10.1. The molecule has 92 valence electrons. The molecule has 0 aromatic heterocycles. The quantitative estimate of drug-likeness (QED) is 0.764. The van der Waals surface area contributed by atoms with E-state index in [2.05, 4.69) is 5.32 Å². The number of hydrogen-bond donors (Lipinski definition) is 1. The molecule has 0 spiro atoms. The monoisotopic (exact) mass is 226 g/mol. The van der Waals surface area contributed by atoms with Gasteiger partial charge in [-0.2, -0.15) is 0 Å². The van der Waals surface area contributed by atoms with Crippen LogP contribution in [0.15, 0.2) is 0 Å². The molecule has 1 amide bonds. The van der Waals surface area contributed by atoms with E-state index in [9.17, 15) is 4.79 Å². The van der Waals surface area contributed by atoms with Gasteiger partial charge in [0.2, 0.25) is 5.91 Å². The number of amides is 1. The number of likely N-dealkylation sites (tertiary alicyclic amines) is 1. The zero-order chi connectivity index (χ0) is 11.4. The number of carbonyl (C=O) groups excluding carboxylic acids is 1. The van der Waals surface area contributed by atoms with E-state index in [-0.39, 0.29) is 6.10 Å². The van der Waals surface area contributed by atoms with Crippen molar-refractivity contribution in [3.63, 3.8) is 0 Å². The summed E-state index contributed by atoms with van der Waals surface area (Å²) in [5.41, 5.74) is 0. The smallest absolute Gasteiger partial charge is 0.222 e. The highest BCUT2D eigenvalue weighted by Crippen LogP contribution is 2.18. The molecule has 2 aliphatic rings. The lowest BCUT2D eigenvalue weighted by Gasteiger charge is -2.17. The summed E-state index contributed by atoms with van der Waals surface area (Å²) in [4.78, 5) is 13.9. The van der Waals surface area contributed by atoms with Crippen LogP contribution >= 0.6 is 0 Å². The van der Waals surface area contributed by atoms with Crippen LogP contribution in [0.5, 0.6) is 0 Å². The van der Waals surface area contributed by atoms with Crippen LogP contribution in [0.25, 0.3) is 0 Å². The maximum Gasteiger partial charge on any atom is 0.222 e. The Balaban J connectivity index is 1.67. The van der Waals surface area contributed by atoms with E-state index in [1.807, 2.05) is 4.90 Å². The van der Waals surface area contributed by atoms with Gasteiger partial charge in [0.25, 0.3) is 0 Å². The zero-order valence-electron chi connectivity index (χ0n) is 10.1. The summed E-state index contributed by atoms with van der Waals surface area (Å²) in [5, 5.41) is 3.34. The van der Waals surface area contributed by atoms with Crippen molar-refractivity contribution < 1.29 is 9.53 Å². The molecular formula is C12H22N2O2. The minimum absolute atomic E-state index is 0.261. The molecule has 0 aliphatic carbocycles. The second-order valence-corrected chi connectivity index (χ2v) is 4.88. The molecule has 0 saturated carbocycles. The van der Waals surface area contributed by atoms with Gasteiger partial charge in [0.1, 0.15) is 0 Å². The van der Waals surface area contributed by atoms with Gasteiger partial charge in [-0.1, -0.05) is 0 Å². The van der Waals surface area contributed by atoms with Crippen molar-refractivity contribution in [1.82, 2.24) is 10.2 Å². The fourth-order valence-electron chi connectivity index (χ4n) is 2.59. The summed E-state index contributed by atoms with van der Waals surface area (Å²) in [7, 11) is 1.73. The SMILES string of the molecule is COC1CCN(C(=O)CCC2CCNC2)C1. The van der Waals surface area contributed by atoms with Crippen molar-refractivity contribution in [3.8, 4) is 0 Å². The lowest BCUT2D eigenvalue weighted by Crippen LogP contribution is -2.30. The first-order chi connectivity index (χ1) is 7.79. The summed E-state index contributed by atoms with van der Waals surface area (Å²) in [5.74, 6) is 1.02. The van der Waals surface area contributed by atoms with Crippen molar-refractivity contribution in [2.45, 2.75) is 31.8 Å². The lowest BCUT2D eigenvalue weighted by molar-refractivity contribution is -0.130. The number of carbonyl (C=O) groups is 1. The molecule has 4 nitrogen and oxygen atoms in total. The van der Waals surface area contributed by atoms with Crippen molar-refractivity contribution in [3.05, 3.63) is 0 Å². The van der Waals surface area contributed by atoms with Crippen LogP contribution in [0.3, 0.4) is 0 Å². The molecule has 2 heterocycles. The van der Waals surface area contributed by atoms with Gasteiger partial charge in [-0.05, 0) is 38.3 Å². The first-order valence-electron chi connectivity index (χ1n) is 6.31. The average molecular weight is 226 g/mol. The van der Waals surface area contributed by atoms with Crippen LogP contribution in [0, 0.1) is 5.92 Å². The Bertz CT molecular complexity index is 239. The third-order valence-electron chi connectivity index (χ3n) is 3.76. The minimum Gasteiger partial charge on any atom is -0.380 e. The van der Waals surface area contributed by atoms with Gasteiger partial charge in [0, 0.05) is 26.6 Å². The number of hydrogen-bond acceptors (Lipinski definition) is 3. The second kappa shape index (κ2) is 5.64. The maximum atomic E-state index is 11.9. The fourth-order valence-corrected chi connectivity index (χ4v) is 2.59. The average Bonchev–Trinajstić information content (AvgIpc) is 2.96. The van der Waals surface area contributed by atoms with Crippen molar-refractivity contribution in [1.29, 1.82) is 0 Å². The van der Waals surface area contributed by atoms with Gasteiger partial charge in [0.05, 0.1) is 6.10 Å². The molecule has 2 saturated heterocycles. The van der Waals surface area contributed by atoms with E-state index in [1.54, 1.807) is 7.11 Å². The third-order valence-corrected chi connectivity index (χ3v) is 3.76. The minimum atomic E-state index is 0.261. The normalized spacial score (nSPS) is 29.9. The van der Waals surface area contributed by atoms with Crippen molar-refractivity contribution >= 4 is 5.91 Å². The Hall–Kier alpha value is -0.610. The van der Waals surface area contributed by atoms with E-state index in [1.165, 1.54) is 6.42 Å². The van der Waals surface area contributed by atoms with E-state index < -0.39 is 0 Å². The van der Waals surface area contributed by atoms with Crippen LogP contribution in [0.2, 0.25) is 0 Å². The Morgan fingerprint density at radius 2 is 2.38 bits per heavy atom. The number of methoxy groups -OCH3 is 1. The van der Waals surface area contributed by atoms with E-state index in [0.29, 0.717) is 18.2 Å². The fraction of sp³-hybridized carbons (Fsp3) is 0.917. The van der Waals surface area contributed by atoms with Gasteiger partial charge in [-0.25, -0.2) is 0 Å². The third kappa shape index (κ3) is 2.95. The molecule has 2 unspecified atom stereocenters. The summed E-state index contributed by atoms with van der Waals surface area (Å²) >= 11 is 0. The maximum absolute atomic E-state index is 11.9. The molecule has 2 fully saturated rings. The van der Waals surface area contributed by atoms with Crippen LogP contribution in [-0.2, 0) is 9.53 Å². The molecular weight excluding hydrogens is 204 g/mol. The lowest BCUT2D eigenvalue weighted by atomic mass is 10.0. The number of nitrogens with one attached hydrogen (secondary N) is 1. The van der Waals surface area contributed by atoms with Crippen LogP contribution in [-0.4, -0.2) is 50.2 Å². The number of ether oxygens (including phenoxy) is 1. The highest BCUT2D eigenvalue weighted by molar-refractivity contribution is 5.76. The molecule has 0 bridgehead atoms. The standard InChI is InChI=1S/C12H22N2O2/c1-16-11-5-7-14(9-11)12(15)3-2-10-4-6-13-8-10/h10-11,13H,2-9H2,1H3. The number of rotatable bonds is 4. The molecule has 0 aromatic rings. The molecule has 4 heteroatoms. The topological polar surface area (TPSA) is 41.6 Å². The first-order valence-corrected chi connectivity index (χ1v) is 6.31. The highest BCUT2D eigenvalue weighted by atomic mass is 16.5. The summed E-state index contributed by atoms with van der Waals surface area (Å²) < 4.78 is 5.27. The van der Waals surface area contributed by atoms with Crippen molar-refractivity contribution in [2.75, 3.05) is 33.3 Å². The van der Waals surface area contributed by atoms with Crippen molar-refractivity contribution in [2.24, 2.45) is 5.92 Å². The van der Waals surface area contributed by atoms with E-state index >= 15 is 0 Å². The summed E-state index contributed by atoms with van der Waals surface area (Å²) in [6.07, 6.45) is 4.24. The summed E-state index contributed by atoms with van der Waals surface area (Å²) in [6.45, 7) is 3.88. The molecule has 2 rings (SSSR count). The van der Waals surface area contributed by atoms with Gasteiger partial charge in [0.15, 0.2) is 0 Å². The van der Waals surface area contributed by atoms with Crippen LogP contribution in [0.4, 0.5) is 0 Å². The predicted octanol–water partition coefficient (Wildman–Crippen LogP) is 0.623. The predicted molar refractivity (Wildman–Crippen MR) is 62.2 cm³/mol. The Morgan fingerprint density at radius 3 is 3.00 bits per heavy atom. The molecule has 1 N–H and O–H groups in total. The van der Waals surface area contributed by atoms with Crippen LogP contribution in [0.1, 0.15) is 25.7 Å². The largest absolute Gasteiger partial charge is 0.380 e.